The molecule has 0 aliphatic carbocycles. The number of carbonyl (C=O) groups is 1. The number of nitro groups is 1. The van der Waals surface area contributed by atoms with E-state index in [1.54, 1.807) is 60.7 Å². The van der Waals surface area contributed by atoms with Gasteiger partial charge in [0.15, 0.2) is 11.5 Å². The Kier molecular flexibility index (Phi) is 12.2. The van der Waals surface area contributed by atoms with Gasteiger partial charge in [-0.2, -0.15) is 0 Å². The van der Waals surface area contributed by atoms with Crippen molar-refractivity contribution >= 4 is 52.2 Å². The number of hydrogen-bond donors (Lipinski definition) is 0. The molecule has 0 saturated heterocycles. The fraction of sp³-hybridized carbons (Fsp3) is 0.250. The first-order valence-electron chi connectivity index (χ1n) is 11.9. The van der Waals surface area contributed by atoms with Gasteiger partial charge in [0.1, 0.15) is 22.6 Å². The van der Waals surface area contributed by atoms with Crippen LogP contribution in [0.1, 0.15) is 34.7 Å². The highest BCUT2D eigenvalue weighted by Crippen LogP contribution is 2.37. The molecule has 0 amide bonds. The summed E-state index contributed by atoms with van der Waals surface area (Å²) in [4.78, 5) is 23.5. The number of nitrogens with zero attached hydrogens (tertiary/aromatic N) is 1. The minimum absolute atomic E-state index is 0.0412. The van der Waals surface area contributed by atoms with E-state index < -0.39 is 10.8 Å². The molecule has 3 aromatic carbocycles. The van der Waals surface area contributed by atoms with Gasteiger partial charge in [0.25, 0.3) is 0 Å². The van der Waals surface area contributed by atoms with Crippen molar-refractivity contribution in [2.45, 2.75) is 18.8 Å². The third-order valence-corrected chi connectivity index (χ3v) is 6.38. The van der Waals surface area contributed by atoms with Crippen molar-refractivity contribution in [1.29, 1.82) is 0 Å². The predicted octanol–water partition coefficient (Wildman–Crippen LogP) is 8.17. The van der Waals surface area contributed by atoms with Gasteiger partial charge < -0.3 is 14.2 Å². The Bertz CT molecular complexity index is 1260. The maximum absolute atomic E-state index is 12.8. The summed E-state index contributed by atoms with van der Waals surface area (Å²) in [5.74, 6) is 0.699. The van der Waals surface area contributed by atoms with Crippen LogP contribution in [0.5, 0.6) is 17.2 Å². The lowest BCUT2D eigenvalue weighted by Gasteiger charge is -2.13. The van der Waals surface area contributed by atoms with Crippen LogP contribution in [0.4, 0.5) is 0 Å². The van der Waals surface area contributed by atoms with Gasteiger partial charge in [-0.1, -0.05) is 76.7 Å². The van der Waals surface area contributed by atoms with Crippen LogP contribution in [0.2, 0.25) is 10.0 Å². The maximum atomic E-state index is 12.8. The van der Waals surface area contributed by atoms with E-state index in [-0.39, 0.29) is 29.8 Å². The number of rotatable bonds is 15. The van der Waals surface area contributed by atoms with Crippen molar-refractivity contribution in [3.8, 4) is 17.2 Å². The van der Waals surface area contributed by atoms with Crippen molar-refractivity contribution < 1.29 is 23.9 Å². The second-order valence-corrected chi connectivity index (χ2v) is 10.2. The largest absolute Gasteiger partial charge is 0.493 e. The Hall–Kier alpha value is -2.97. The van der Waals surface area contributed by atoms with Crippen LogP contribution in [-0.2, 0) is 0 Å². The molecule has 3 aromatic rings. The molecule has 0 heterocycles. The first-order valence-corrected chi connectivity index (χ1v) is 13.4. The average Bonchev–Trinajstić information content (AvgIpc) is 2.90. The molecule has 0 bridgehead atoms. The molecule has 39 heavy (non-hydrogen) atoms. The maximum Gasteiger partial charge on any atom is 0.211 e. The van der Waals surface area contributed by atoms with Crippen molar-refractivity contribution in [2.24, 2.45) is 0 Å². The number of ketones is 1. The van der Waals surface area contributed by atoms with Gasteiger partial charge in [-0.3, -0.25) is 14.9 Å². The fourth-order valence-corrected chi connectivity index (χ4v) is 4.36. The molecule has 1 unspecified atom stereocenters. The molecule has 0 aliphatic rings. The fourth-order valence-electron chi connectivity index (χ4n) is 3.65. The standard InChI is InChI=1S/C28H25Cl4NO6/c29-24-16-23(38-14-11-27(31)32)17-25(30)28(24)39-13-4-12-37-22-9-7-20(8-10-22)26(34)15-21(18-33(35)36)19-5-2-1-3-6-19/h1-3,5-11,16-17,21H,4,12-15,18H2. The van der Waals surface area contributed by atoms with E-state index in [2.05, 4.69) is 0 Å². The lowest BCUT2D eigenvalue weighted by atomic mass is 9.91. The van der Waals surface area contributed by atoms with E-state index in [1.807, 2.05) is 6.07 Å². The van der Waals surface area contributed by atoms with Crippen LogP contribution in [0.3, 0.4) is 0 Å². The third-order valence-electron chi connectivity index (χ3n) is 5.51. The molecule has 206 valence electrons. The number of ether oxygens (including phenoxy) is 3. The lowest BCUT2D eigenvalue weighted by Crippen LogP contribution is -2.16. The topological polar surface area (TPSA) is 87.9 Å². The summed E-state index contributed by atoms with van der Waals surface area (Å²) >= 11 is 23.6. The molecule has 1 atom stereocenters. The van der Waals surface area contributed by atoms with Gasteiger partial charge in [0, 0.05) is 35.5 Å². The van der Waals surface area contributed by atoms with Crippen LogP contribution in [0.25, 0.3) is 0 Å². The predicted molar refractivity (Wildman–Crippen MR) is 154 cm³/mol. The van der Waals surface area contributed by atoms with Gasteiger partial charge in [-0.05, 0) is 35.9 Å². The number of Topliss-reactive ketones (excluding diaryl/α,β-unsaturated/α-hetero) is 1. The SMILES string of the molecule is O=C(CC(C[N+](=O)[O-])c1ccccc1)c1ccc(OCCCOc2c(Cl)cc(OCC=C(Cl)Cl)cc2Cl)cc1. The van der Waals surface area contributed by atoms with Crippen LogP contribution < -0.4 is 14.2 Å². The molecule has 3 rings (SSSR count). The van der Waals surface area contributed by atoms with Crippen LogP contribution in [0, 0.1) is 10.1 Å². The van der Waals surface area contributed by atoms with Gasteiger partial charge >= 0.3 is 0 Å². The van der Waals surface area contributed by atoms with E-state index in [1.165, 1.54) is 6.08 Å². The van der Waals surface area contributed by atoms with Gasteiger partial charge in [0.2, 0.25) is 6.54 Å². The highest BCUT2D eigenvalue weighted by Gasteiger charge is 2.22. The van der Waals surface area contributed by atoms with E-state index in [4.69, 9.17) is 60.6 Å². The molecule has 0 aliphatic heterocycles. The molecule has 0 radical (unpaired) electrons. The molecule has 11 heteroatoms. The minimum Gasteiger partial charge on any atom is -0.493 e. The van der Waals surface area contributed by atoms with E-state index in [0.717, 1.165) is 5.56 Å². The van der Waals surface area contributed by atoms with Crippen molar-refractivity contribution in [3.05, 3.63) is 109 Å². The highest BCUT2D eigenvalue weighted by atomic mass is 35.5. The lowest BCUT2D eigenvalue weighted by molar-refractivity contribution is -0.483. The molecule has 0 N–H and O–H groups in total. The van der Waals surface area contributed by atoms with Crippen LogP contribution in [0.15, 0.2) is 77.3 Å². The van der Waals surface area contributed by atoms with Crippen LogP contribution >= 0.6 is 46.4 Å². The number of hydrogen-bond acceptors (Lipinski definition) is 6. The summed E-state index contributed by atoms with van der Waals surface area (Å²) in [7, 11) is 0. The normalized spacial score (nSPS) is 11.4. The number of carbonyl (C=O) groups excluding carboxylic acids is 1. The van der Waals surface area contributed by atoms with Gasteiger partial charge in [0.05, 0.1) is 29.2 Å². The summed E-state index contributed by atoms with van der Waals surface area (Å²) < 4.78 is 17.0. The van der Waals surface area contributed by atoms with E-state index in [9.17, 15) is 14.9 Å². The zero-order valence-electron chi connectivity index (χ0n) is 20.7. The molecule has 0 saturated carbocycles. The summed E-state index contributed by atoms with van der Waals surface area (Å²) in [6.45, 7) is 0.513. The highest BCUT2D eigenvalue weighted by molar-refractivity contribution is 6.55. The number of halogens is 4. The monoisotopic (exact) mass is 611 g/mol. The summed E-state index contributed by atoms with van der Waals surface area (Å²) in [5, 5.41) is 11.7. The molecular formula is C28H25Cl4NO6. The van der Waals surface area contributed by atoms with E-state index >= 15 is 0 Å². The molecular weight excluding hydrogens is 588 g/mol. The number of benzene rings is 3. The Morgan fingerprint density at radius 1 is 0.897 bits per heavy atom. The Labute approximate surface area is 246 Å². The Morgan fingerprint density at radius 3 is 2.15 bits per heavy atom. The average molecular weight is 613 g/mol. The molecule has 7 nitrogen and oxygen atoms in total. The van der Waals surface area contributed by atoms with Crippen molar-refractivity contribution in [1.82, 2.24) is 0 Å². The van der Waals surface area contributed by atoms with Crippen LogP contribution in [-0.4, -0.2) is 37.1 Å². The van der Waals surface area contributed by atoms with Gasteiger partial charge in [-0.25, -0.2) is 0 Å². The van der Waals surface area contributed by atoms with Crippen molar-refractivity contribution in [2.75, 3.05) is 26.4 Å². The first-order chi connectivity index (χ1) is 18.7. The molecule has 0 aromatic heterocycles. The second-order valence-electron chi connectivity index (χ2n) is 8.35. The Morgan fingerprint density at radius 2 is 1.54 bits per heavy atom. The summed E-state index contributed by atoms with van der Waals surface area (Å²) in [6, 6.07) is 18.9. The summed E-state index contributed by atoms with van der Waals surface area (Å²) in [6.07, 6.45) is 2.07. The quantitative estimate of drug-likeness (QED) is 0.0744. The first kappa shape index (κ1) is 30.6. The third kappa shape index (κ3) is 10.3. The molecule has 0 spiro atoms. The smallest absolute Gasteiger partial charge is 0.211 e. The second kappa shape index (κ2) is 15.6. The minimum atomic E-state index is -0.498. The Balaban J connectivity index is 1.45. The molecule has 0 fully saturated rings. The summed E-state index contributed by atoms with van der Waals surface area (Å²) in [5.41, 5.74) is 1.23. The van der Waals surface area contributed by atoms with Crippen molar-refractivity contribution in [3.63, 3.8) is 0 Å². The zero-order valence-corrected chi connectivity index (χ0v) is 23.7. The van der Waals surface area contributed by atoms with E-state index in [0.29, 0.717) is 52.5 Å². The van der Waals surface area contributed by atoms with Gasteiger partial charge in [-0.15, -0.1) is 0 Å². The zero-order chi connectivity index (χ0) is 28.2.